The third-order valence-corrected chi connectivity index (χ3v) is 3.20. The molecule has 24 heavy (non-hydrogen) atoms. The van der Waals surface area contributed by atoms with Gasteiger partial charge < -0.3 is 9.26 Å². The van der Waals surface area contributed by atoms with E-state index in [0.29, 0.717) is 0 Å². The first-order valence-corrected chi connectivity index (χ1v) is 6.87. The van der Waals surface area contributed by atoms with E-state index < -0.39 is 23.4 Å². The summed E-state index contributed by atoms with van der Waals surface area (Å²) in [4.78, 5) is 11.8. The van der Waals surface area contributed by atoms with Gasteiger partial charge in [0.15, 0.2) is 17.4 Å². The standard InChI is InChI=1S/C17H10F3NO3/c18-13-4-2-1-3-12(13)16-8-11(21-24-16)9-23-17(22)10-5-6-14(19)15(20)7-10/h1-8H,9H2. The Hall–Kier alpha value is -3.09. The van der Waals surface area contributed by atoms with Gasteiger partial charge in [0.1, 0.15) is 18.1 Å². The predicted octanol–water partition coefficient (Wildman–Crippen LogP) is 4.12. The van der Waals surface area contributed by atoms with Gasteiger partial charge in [-0.2, -0.15) is 0 Å². The van der Waals surface area contributed by atoms with Gasteiger partial charge in [-0.1, -0.05) is 17.3 Å². The molecule has 3 rings (SSSR count). The van der Waals surface area contributed by atoms with Crippen LogP contribution in [0.1, 0.15) is 16.1 Å². The van der Waals surface area contributed by atoms with Crippen LogP contribution in [0.4, 0.5) is 13.2 Å². The molecular weight excluding hydrogens is 323 g/mol. The van der Waals surface area contributed by atoms with Gasteiger partial charge in [-0.05, 0) is 30.3 Å². The first-order valence-electron chi connectivity index (χ1n) is 6.87. The predicted molar refractivity (Wildman–Crippen MR) is 77.4 cm³/mol. The average Bonchev–Trinajstić information content (AvgIpc) is 3.04. The molecule has 0 atom stereocenters. The Morgan fingerprint density at radius 3 is 2.54 bits per heavy atom. The highest BCUT2D eigenvalue weighted by Crippen LogP contribution is 2.23. The second-order valence-electron chi connectivity index (χ2n) is 4.87. The van der Waals surface area contributed by atoms with E-state index in [9.17, 15) is 18.0 Å². The summed E-state index contributed by atoms with van der Waals surface area (Å²) in [6.07, 6.45) is 0. The smallest absolute Gasteiger partial charge is 0.338 e. The van der Waals surface area contributed by atoms with Crippen molar-refractivity contribution < 1.29 is 27.2 Å². The largest absolute Gasteiger partial charge is 0.455 e. The van der Waals surface area contributed by atoms with Crippen LogP contribution >= 0.6 is 0 Å². The maximum Gasteiger partial charge on any atom is 0.338 e. The number of carbonyl (C=O) groups excluding carboxylic acids is 1. The third-order valence-electron chi connectivity index (χ3n) is 3.20. The Kier molecular flexibility index (Phi) is 4.33. The summed E-state index contributed by atoms with van der Waals surface area (Å²) < 4.78 is 49.5. The van der Waals surface area contributed by atoms with Crippen molar-refractivity contribution in [2.45, 2.75) is 6.61 Å². The third kappa shape index (κ3) is 3.29. The van der Waals surface area contributed by atoms with Crippen molar-refractivity contribution in [2.75, 3.05) is 0 Å². The number of rotatable bonds is 4. The van der Waals surface area contributed by atoms with E-state index in [4.69, 9.17) is 9.26 Å². The summed E-state index contributed by atoms with van der Waals surface area (Å²) in [5.41, 5.74) is 0.346. The van der Waals surface area contributed by atoms with Gasteiger partial charge in [0, 0.05) is 6.07 Å². The Morgan fingerprint density at radius 2 is 1.79 bits per heavy atom. The van der Waals surface area contributed by atoms with Crippen molar-refractivity contribution in [3.8, 4) is 11.3 Å². The number of halogens is 3. The molecule has 7 heteroatoms. The fourth-order valence-corrected chi connectivity index (χ4v) is 2.01. The van der Waals surface area contributed by atoms with Gasteiger partial charge in [0.2, 0.25) is 0 Å². The van der Waals surface area contributed by atoms with E-state index in [0.717, 1.165) is 18.2 Å². The number of carbonyl (C=O) groups is 1. The van der Waals surface area contributed by atoms with Crippen LogP contribution < -0.4 is 0 Å². The van der Waals surface area contributed by atoms with Crippen molar-refractivity contribution in [1.82, 2.24) is 5.16 Å². The number of hydrogen-bond acceptors (Lipinski definition) is 4. The SMILES string of the molecule is O=C(OCc1cc(-c2ccccc2F)on1)c1ccc(F)c(F)c1. The lowest BCUT2D eigenvalue weighted by Gasteiger charge is -2.02. The number of nitrogens with zero attached hydrogens (tertiary/aromatic N) is 1. The highest BCUT2D eigenvalue weighted by atomic mass is 19.2. The normalized spacial score (nSPS) is 10.6. The Morgan fingerprint density at radius 1 is 1.00 bits per heavy atom. The zero-order valence-corrected chi connectivity index (χ0v) is 12.1. The second kappa shape index (κ2) is 6.57. The Balaban J connectivity index is 1.68. The van der Waals surface area contributed by atoms with Crippen molar-refractivity contribution in [1.29, 1.82) is 0 Å². The highest BCUT2D eigenvalue weighted by Gasteiger charge is 2.14. The second-order valence-corrected chi connectivity index (χ2v) is 4.87. The maximum absolute atomic E-state index is 13.7. The lowest BCUT2D eigenvalue weighted by atomic mass is 10.1. The average molecular weight is 333 g/mol. The minimum atomic E-state index is -1.15. The first-order chi connectivity index (χ1) is 11.5. The van der Waals surface area contributed by atoms with Gasteiger partial charge in [-0.3, -0.25) is 0 Å². The van der Waals surface area contributed by atoms with Crippen LogP contribution in [0, 0.1) is 17.5 Å². The molecule has 0 saturated carbocycles. The van der Waals surface area contributed by atoms with Gasteiger partial charge in [-0.25, -0.2) is 18.0 Å². The summed E-state index contributed by atoms with van der Waals surface area (Å²) in [5, 5.41) is 3.68. The zero-order valence-electron chi connectivity index (χ0n) is 12.1. The van der Waals surface area contributed by atoms with Gasteiger partial charge in [-0.15, -0.1) is 0 Å². The van der Waals surface area contributed by atoms with Crippen molar-refractivity contribution in [3.05, 3.63) is 77.2 Å². The van der Waals surface area contributed by atoms with Crippen molar-refractivity contribution in [2.24, 2.45) is 0 Å². The number of esters is 1. The minimum Gasteiger partial charge on any atom is -0.455 e. The molecule has 1 aromatic heterocycles. The molecule has 0 amide bonds. The molecule has 0 saturated heterocycles. The molecule has 0 fully saturated rings. The van der Waals surface area contributed by atoms with Crippen LogP contribution in [0.25, 0.3) is 11.3 Å². The van der Waals surface area contributed by atoms with Crippen LogP contribution in [-0.4, -0.2) is 11.1 Å². The highest BCUT2D eigenvalue weighted by molar-refractivity contribution is 5.89. The van der Waals surface area contributed by atoms with E-state index in [-0.39, 0.29) is 29.2 Å². The summed E-state index contributed by atoms with van der Waals surface area (Å²) >= 11 is 0. The Bertz CT molecular complexity index is 892. The minimum absolute atomic E-state index is 0.133. The molecule has 1 heterocycles. The van der Waals surface area contributed by atoms with E-state index in [1.54, 1.807) is 12.1 Å². The van der Waals surface area contributed by atoms with E-state index in [2.05, 4.69) is 5.16 Å². The summed E-state index contributed by atoms with van der Waals surface area (Å²) in [6, 6.07) is 10.1. The zero-order chi connectivity index (χ0) is 17.1. The molecule has 0 N–H and O–H groups in total. The molecule has 0 spiro atoms. The summed E-state index contributed by atoms with van der Waals surface area (Å²) in [6.45, 7) is -0.254. The first kappa shape index (κ1) is 15.8. The quantitative estimate of drug-likeness (QED) is 0.674. The lowest BCUT2D eigenvalue weighted by Crippen LogP contribution is -2.06. The number of benzene rings is 2. The van der Waals surface area contributed by atoms with Crippen LogP contribution in [0.15, 0.2) is 53.1 Å². The van der Waals surface area contributed by atoms with E-state index in [1.807, 2.05) is 0 Å². The number of hydrogen-bond donors (Lipinski definition) is 0. The van der Waals surface area contributed by atoms with Crippen LogP contribution in [-0.2, 0) is 11.3 Å². The molecule has 0 aliphatic heterocycles. The van der Waals surface area contributed by atoms with E-state index in [1.165, 1.54) is 18.2 Å². The molecule has 0 radical (unpaired) electrons. The fourth-order valence-electron chi connectivity index (χ4n) is 2.01. The molecule has 0 aliphatic rings. The summed E-state index contributed by atoms with van der Waals surface area (Å²) in [7, 11) is 0. The lowest BCUT2D eigenvalue weighted by molar-refractivity contribution is 0.0463. The van der Waals surface area contributed by atoms with Crippen molar-refractivity contribution in [3.63, 3.8) is 0 Å². The monoisotopic (exact) mass is 333 g/mol. The van der Waals surface area contributed by atoms with E-state index >= 15 is 0 Å². The van der Waals surface area contributed by atoms with Crippen LogP contribution in [0.2, 0.25) is 0 Å². The number of aromatic nitrogens is 1. The van der Waals surface area contributed by atoms with Gasteiger partial charge in [0.05, 0.1) is 11.1 Å². The van der Waals surface area contributed by atoms with Crippen LogP contribution in [0.3, 0.4) is 0 Å². The Labute approximate surface area is 134 Å². The maximum atomic E-state index is 13.7. The van der Waals surface area contributed by atoms with Gasteiger partial charge in [0.25, 0.3) is 0 Å². The summed E-state index contributed by atoms with van der Waals surface area (Å²) in [5.74, 6) is -3.33. The van der Waals surface area contributed by atoms with Gasteiger partial charge >= 0.3 is 5.97 Å². The number of ether oxygens (including phenoxy) is 1. The molecular formula is C17H10F3NO3. The molecule has 4 nitrogen and oxygen atoms in total. The molecule has 2 aromatic carbocycles. The molecule has 0 bridgehead atoms. The molecule has 0 aliphatic carbocycles. The van der Waals surface area contributed by atoms with Crippen molar-refractivity contribution >= 4 is 5.97 Å². The molecule has 0 unspecified atom stereocenters. The molecule has 3 aromatic rings. The van der Waals surface area contributed by atoms with Crippen LogP contribution in [0.5, 0.6) is 0 Å². The fraction of sp³-hybridized carbons (Fsp3) is 0.0588. The molecule has 122 valence electrons. The topological polar surface area (TPSA) is 52.3 Å².